The van der Waals surface area contributed by atoms with E-state index in [9.17, 15) is 9.59 Å². The molecule has 21 heavy (non-hydrogen) atoms. The number of carbonyl (C=O) groups excluding carboxylic acids is 1. The molecule has 0 unspecified atom stereocenters. The van der Waals surface area contributed by atoms with Crippen LogP contribution in [0.3, 0.4) is 0 Å². The van der Waals surface area contributed by atoms with Crippen LogP contribution >= 0.6 is 0 Å². The SMILES string of the molecule is O=C(Nc1cccc2ccncc12)[C@@H]1CC[C@H](C(=O)O)O1. The van der Waals surface area contributed by atoms with E-state index in [1.165, 1.54) is 0 Å². The molecule has 108 valence electrons. The molecule has 2 atom stereocenters. The molecular formula is C15H14N2O4. The number of nitrogens with one attached hydrogen (secondary N) is 1. The van der Waals surface area contributed by atoms with Crippen LogP contribution in [-0.4, -0.2) is 34.2 Å². The lowest BCUT2D eigenvalue weighted by molar-refractivity contribution is -0.150. The summed E-state index contributed by atoms with van der Waals surface area (Å²) in [6, 6.07) is 7.41. The van der Waals surface area contributed by atoms with Gasteiger partial charge in [-0.3, -0.25) is 9.78 Å². The Labute approximate surface area is 120 Å². The van der Waals surface area contributed by atoms with Crippen molar-refractivity contribution in [1.82, 2.24) is 4.98 Å². The number of amides is 1. The predicted molar refractivity (Wildman–Crippen MR) is 75.9 cm³/mol. The first kappa shape index (κ1) is 13.5. The summed E-state index contributed by atoms with van der Waals surface area (Å²) < 4.78 is 5.24. The van der Waals surface area contributed by atoms with Gasteiger partial charge in [0.05, 0.1) is 5.69 Å². The number of nitrogens with zero attached hydrogens (tertiary/aromatic N) is 1. The third-order valence-corrected chi connectivity index (χ3v) is 3.53. The van der Waals surface area contributed by atoms with Crippen LogP contribution in [-0.2, 0) is 14.3 Å². The number of fused-ring (bicyclic) bond motifs is 1. The van der Waals surface area contributed by atoms with Gasteiger partial charge >= 0.3 is 5.97 Å². The molecule has 1 fully saturated rings. The number of anilines is 1. The summed E-state index contributed by atoms with van der Waals surface area (Å²) in [5.41, 5.74) is 0.646. The van der Waals surface area contributed by atoms with Crippen LogP contribution < -0.4 is 5.32 Å². The minimum Gasteiger partial charge on any atom is -0.479 e. The Morgan fingerprint density at radius 3 is 2.81 bits per heavy atom. The summed E-state index contributed by atoms with van der Waals surface area (Å²) in [7, 11) is 0. The molecule has 1 aromatic heterocycles. The number of carbonyl (C=O) groups is 2. The second-order valence-corrected chi connectivity index (χ2v) is 4.92. The zero-order valence-electron chi connectivity index (χ0n) is 11.2. The normalized spacial score (nSPS) is 21.3. The van der Waals surface area contributed by atoms with Crippen molar-refractivity contribution in [2.24, 2.45) is 0 Å². The monoisotopic (exact) mass is 286 g/mol. The van der Waals surface area contributed by atoms with Crippen molar-refractivity contribution in [3.05, 3.63) is 36.7 Å². The molecule has 0 bridgehead atoms. The van der Waals surface area contributed by atoms with E-state index in [1.54, 1.807) is 18.5 Å². The van der Waals surface area contributed by atoms with E-state index in [-0.39, 0.29) is 5.91 Å². The molecule has 1 amide bonds. The van der Waals surface area contributed by atoms with Crippen LogP contribution in [0.1, 0.15) is 12.8 Å². The van der Waals surface area contributed by atoms with Gasteiger partial charge in [-0.1, -0.05) is 12.1 Å². The Bertz CT molecular complexity index is 696. The van der Waals surface area contributed by atoms with Crippen molar-refractivity contribution >= 4 is 28.3 Å². The fourth-order valence-electron chi connectivity index (χ4n) is 2.45. The fraction of sp³-hybridized carbons (Fsp3) is 0.267. The van der Waals surface area contributed by atoms with Crippen molar-refractivity contribution in [3.63, 3.8) is 0 Å². The molecular weight excluding hydrogens is 272 g/mol. The average molecular weight is 286 g/mol. The van der Waals surface area contributed by atoms with Gasteiger partial charge in [0.25, 0.3) is 5.91 Å². The van der Waals surface area contributed by atoms with E-state index >= 15 is 0 Å². The number of aliphatic carboxylic acids is 1. The molecule has 2 N–H and O–H groups in total. The Kier molecular flexibility index (Phi) is 3.53. The number of rotatable bonds is 3. The molecule has 2 heterocycles. The highest BCUT2D eigenvalue weighted by Crippen LogP contribution is 2.25. The van der Waals surface area contributed by atoms with Crippen molar-refractivity contribution in [2.75, 3.05) is 5.32 Å². The molecule has 2 aromatic rings. The maximum Gasteiger partial charge on any atom is 0.332 e. The van der Waals surface area contributed by atoms with Gasteiger partial charge in [-0.05, 0) is 30.4 Å². The largest absolute Gasteiger partial charge is 0.479 e. The number of pyridine rings is 1. The summed E-state index contributed by atoms with van der Waals surface area (Å²) >= 11 is 0. The lowest BCUT2D eigenvalue weighted by Crippen LogP contribution is -2.30. The average Bonchev–Trinajstić information content (AvgIpc) is 2.98. The van der Waals surface area contributed by atoms with Crippen LogP contribution in [0.2, 0.25) is 0 Å². The van der Waals surface area contributed by atoms with Gasteiger partial charge in [-0.2, -0.15) is 0 Å². The van der Waals surface area contributed by atoms with Gasteiger partial charge in [-0.15, -0.1) is 0 Å². The summed E-state index contributed by atoms with van der Waals surface area (Å²) in [4.78, 5) is 27.1. The first-order chi connectivity index (χ1) is 10.1. The Morgan fingerprint density at radius 1 is 1.24 bits per heavy atom. The number of aromatic nitrogens is 1. The predicted octanol–water partition coefficient (Wildman–Crippen LogP) is 1.81. The molecule has 1 saturated heterocycles. The van der Waals surface area contributed by atoms with Crippen LogP contribution in [0.15, 0.2) is 36.7 Å². The van der Waals surface area contributed by atoms with E-state index < -0.39 is 18.2 Å². The zero-order chi connectivity index (χ0) is 14.8. The molecule has 6 heteroatoms. The third kappa shape index (κ3) is 2.71. The summed E-state index contributed by atoms with van der Waals surface area (Å²) in [5, 5.41) is 13.5. The standard InChI is InChI=1S/C15H14N2O4/c18-14(12-4-5-13(21-12)15(19)20)17-11-3-1-2-9-6-7-16-8-10(9)11/h1-3,6-8,12-13H,4-5H2,(H,17,18)(H,19,20)/t12-,13+/m0/s1. The van der Waals surface area contributed by atoms with Crippen LogP contribution in [0.4, 0.5) is 5.69 Å². The Hall–Kier alpha value is -2.47. The number of hydrogen-bond donors (Lipinski definition) is 2. The van der Waals surface area contributed by atoms with Gasteiger partial charge < -0.3 is 15.2 Å². The first-order valence-corrected chi connectivity index (χ1v) is 6.67. The van der Waals surface area contributed by atoms with Gasteiger partial charge in [0.15, 0.2) is 6.10 Å². The summed E-state index contributed by atoms with van der Waals surface area (Å²) in [6.07, 6.45) is 2.51. The highest BCUT2D eigenvalue weighted by Gasteiger charge is 2.34. The molecule has 1 aliphatic heterocycles. The molecule has 0 aliphatic carbocycles. The van der Waals surface area contributed by atoms with Crippen molar-refractivity contribution in [1.29, 1.82) is 0 Å². The van der Waals surface area contributed by atoms with Crippen LogP contribution in [0.5, 0.6) is 0 Å². The topological polar surface area (TPSA) is 88.5 Å². The lowest BCUT2D eigenvalue weighted by Gasteiger charge is -2.13. The van der Waals surface area contributed by atoms with E-state index in [0.717, 1.165) is 10.8 Å². The van der Waals surface area contributed by atoms with E-state index in [0.29, 0.717) is 18.5 Å². The van der Waals surface area contributed by atoms with Crippen molar-refractivity contribution < 1.29 is 19.4 Å². The summed E-state index contributed by atoms with van der Waals surface area (Å²) in [6.45, 7) is 0. The lowest BCUT2D eigenvalue weighted by atomic mass is 10.1. The Morgan fingerprint density at radius 2 is 2.05 bits per heavy atom. The van der Waals surface area contributed by atoms with Crippen molar-refractivity contribution in [3.8, 4) is 0 Å². The minimum absolute atomic E-state index is 0.324. The molecule has 0 spiro atoms. The second kappa shape index (κ2) is 5.49. The van der Waals surface area contributed by atoms with Gasteiger partial charge in [0.2, 0.25) is 0 Å². The highest BCUT2D eigenvalue weighted by molar-refractivity contribution is 6.03. The van der Waals surface area contributed by atoms with E-state index in [2.05, 4.69) is 10.3 Å². The number of carboxylic acid groups (broad SMARTS) is 1. The van der Waals surface area contributed by atoms with Crippen LogP contribution in [0.25, 0.3) is 10.8 Å². The number of carboxylic acids is 1. The summed E-state index contributed by atoms with van der Waals surface area (Å²) in [5.74, 6) is -1.35. The smallest absolute Gasteiger partial charge is 0.332 e. The molecule has 0 saturated carbocycles. The minimum atomic E-state index is -1.03. The molecule has 1 aliphatic rings. The molecule has 0 radical (unpaired) electrons. The molecule has 1 aromatic carbocycles. The van der Waals surface area contributed by atoms with E-state index in [1.807, 2.05) is 18.2 Å². The van der Waals surface area contributed by atoms with E-state index in [4.69, 9.17) is 9.84 Å². The highest BCUT2D eigenvalue weighted by atomic mass is 16.5. The van der Waals surface area contributed by atoms with Gasteiger partial charge in [0, 0.05) is 17.8 Å². The number of hydrogen-bond acceptors (Lipinski definition) is 4. The Balaban J connectivity index is 1.77. The zero-order valence-corrected chi connectivity index (χ0v) is 11.2. The fourth-order valence-corrected chi connectivity index (χ4v) is 2.45. The number of ether oxygens (including phenoxy) is 1. The quantitative estimate of drug-likeness (QED) is 0.898. The number of benzene rings is 1. The maximum absolute atomic E-state index is 12.2. The molecule has 3 rings (SSSR count). The van der Waals surface area contributed by atoms with Crippen molar-refractivity contribution in [2.45, 2.75) is 25.0 Å². The van der Waals surface area contributed by atoms with Gasteiger partial charge in [-0.25, -0.2) is 4.79 Å². The maximum atomic E-state index is 12.2. The van der Waals surface area contributed by atoms with Gasteiger partial charge in [0.1, 0.15) is 6.10 Å². The third-order valence-electron chi connectivity index (χ3n) is 3.53. The second-order valence-electron chi connectivity index (χ2n) is 4.92. The molecule has 6 nitrogen and oxygen atoms in total. The first-order valence-electron chi connectivity index (χ1n) is 6.67. The van der Waals surface area contributed by atoms with Crippen LogP contribution in [0, 0.1) is 0 Å².